The summed E-state index contributed by atoms with van der Waals surface area (Å²) in [6.45, 7) is 4.05. The van der Waals surface area contributed by atoms with Crippen molar-refractivity contribution in [2.45, 2.75) is 26.0 Å². The Bertz CT molecular complexity index is 310. The number of hydrogen-bond acceptors (Lipinski definition) is 2. The molecule has 0 bridgehead atoms. The van der Waals surface area contributed by atoms with Crippen LogP contribution < -0.4 is 5.32 Å². The number of anilines is 1. The third-order valence-corrected chi connectivity index (χ3v) is 2.77. The molecule has 2 unspecified atom stereocenters. The SMILES string of the molecule is COC(C)C(C)Nc1cc(Cl)cc(Cl)c1. The van der Waals surface area contributed by atoms with E-state index in [1.54, 1.807) is 13.2 Å². The quantitative estimate of drug-likeness (QED) is 0.874. The number of benzene rings is 1. The average Bonchev–Trinajstić information content (AvgIpc) is 2.14. The van der Waals surface area contributed by atoms with Crippen molar-refractivity contribution in [3.05, 3.63) is 28.2 Å². The van der Waals surface area contributed by atoms with E-state index in [-0.39, 0.29) is 12.1 Å². The topological polar surface area (TPSA) is 21.3 Å². The van der Waals surface area contributed by atoms with Crippen molar-refractivity contribution in [1.82, 2.24) is 0 Å². The molecule has 2 nitrogen and oxygen atoms in total. The molecule has 0 heterocycles. The Morgan fingerprint density at radius 1 is 1.13 bits per heavy atom. The molecule has 0 saturated heterocycles. The molecule has 0 saturated carbocycles. The van der Waals surface area contributed by atoms with Crippen molar-refractivity contribution in [3.8, 4) is 0 Å². The van der Waals surface area contributed by atoms with E-state index in [1.165, 1.54) is 0 Å². The van der Waals surface area contributed by atoms with Gasteiger partial charge in [0.15, 0.2) is 0 Å². The van der Waals surface area contributed by atoms with E-state index >= 15 is 0 Å². The number of ether oxygens (including phenoxy) is 1. The van der Waals surface area contributed by atoms with Crippen LogP contribution in [0.25, 0.3) is 0 Å². The van der Waals surface area contributed by atoms with Crippen LogP contribution >= 0.6 is 23.2 Å². The van der Waals surface area contributed by atoms with Gasteiger partial charge in [0.2, 0.25) is 0 Å². The number of nitrogens with one attached hydrogen (secondary N) is 1. The average molecular weight is 248 g/mol. The lowest BCUT2D eigenvalue weighted by Crippen LogP contribution is -2.29. The summed E-state index contributed by atoms with van der Waals surface area (Å²) in [4.78, 5) is 0. The summed E-state index contributed by atoms with van der Waals surface area (Å²) >= 11 is 11.8. The summed E-state index contributed by atoms with van der Waals surface area (Å²) in [5.41, 5.74) is 0.906. The standard InChI is InChI=1S/C11H15Cl2NO/c1-7(8(2)15-3)14-11-5-9(12)4-10(13)6-11/h4-8,14H,1-3H3. The Morgan fingerprint density at radius 2 is 1.67 bits per heavy atom. The van der Waals surface area contributed by atoms with Gasteiger partial charge in [-0.2, -0.15) is 0 Å². The minimum atomic E-state index is 0.128. The molecule has 0 amide bonds. The summed E-state index contributed by atoms with van der Waals surface area (Å²) in [5, 5.41) is 4.53. The van der Waals surface area contributed by atoms with Crippen molar-refractivity contribution in [2.24, 2.45) is 0 Å². The van der Waals surface area contributed by atoms with Gasteiger partial charge in [-0.15, -0.1) is 0 Å². The molecule has 84 valence electrons. The van der Waals surface area contributed by atoms with E-state index in [9.17, 15) is 0 Å². The lowest BCUT2D eigenvalue weighted by molar-refractivity contribution is 0.106. The van der Waals surface area contributed by atoms with Gasteiger partial charge in [-0.1, -0.05) is 23.2 Å². The van der Waals surface area contributed by atoms with Crippen LogP contribution in [0.4, 0.5) is 5.69 Å². The smallest absolute Gasteiger partial charge is 0.0741 e. The molecule has 0 fully saturated rings. The minimum Gasteiger partial charge on any atom is -0.380 e. The zero-order chi connectivity index (χ0) is 11.4. The van der Waals surface area contributed by atoms with E-state index in [1.807, 2.05) is 26.0 Å². The first-order valence-electron chi connectivity index (χ1n) is 4.78. The maximum atomic E-state index is 5.89. The van der Waals surface area contributed by atoms with E-state index in [4.69, 9.17) is 27.9 Å². The van der Waals surface area contributed by atoms with Crippen molar-refractivity contribution < 1.29 is 4.74 Å². The molecule has 1 aromatic carbocycles. The zero-order valence-electron chi connectivity index (χ0n) is 9.05. The summed E-state index contributed by atoms with van der Waals surface area (Å²) in [6, 6.07) is 5.58. The van der Waals surface area contributed by atoms with Crippen LogP contribution in [0.3, 0.4) is 0 Å². The summed E-state index contributed by atoms with van der Waals surface area (Å²) in [6.07, 6.45) is 0.128. The number of rotatable bonds is 4. The van der Waals surface area contributed by atoms with Gasteiger partial charge in [-0.3, -0.25) is 0 Å². The predicted octanol–water partition coefficient (Wildman–Crippen LogP) is 3.83. The van der Waals surface area contributed by atoms with Crippen LogP contribution in [0.1, 0.15) is 13.8 Å². The van der Waals surface area contributed by atoms with Gasteiger partial charge in [-0.25, -0.2) is 0 Å². The van der Waals surface area contributed by atoms with Gasteiger partial charge in [0, 0.05) is 28.9 Å². The van der Waals surface area contributed by atoms with Gasteiger partial charge in [0.25, 0.3) is 0 Å². The van der Waals surface area contributed by atoms with Crippen LogP contribution in [-0.4, -0.2) is 19.3 Å². The molecular weight excluding hydrogens is 233 g/mol. The first kappa shape index (κ1) is 12.6. The highest BCUT2D eigenvalue weighted by molar-refractivity contribution is 6.35. The third kappa shape index (κ3) is 3.90. The molecule has 1 aromatic rings. The fraction of sp³-hybridized carbons (Fsp3) is 0.455. The molecular formula is C11H15Cl2NO. The molecule has 0 aliphatic rings. The molecule has 0 radical (unpaired) electrons. The van der Waals surface area contributed by atoms with E-state index < -0.39 is 0 Å². The molecule has 0 aromatic heterocycles. The Kier molecular flexibility index (Phi) is 4.71. The summed E-state index contributed by atoms with van der Waals surface area (Å²) in [5.74, 6) is 0. The molecule has 0 spiro atoms. The van der Waals surface area contributed by atoms with Gasteiger partial charge in [0.1, 0.15) is 0 Å². The van der Waals surface area contributed by atoms with E-state index in [2.05, 4.69) is 5.32 Å². The van der Waals surface area contributed by atoms with Gasteiger partial charge >= 0.3 is 0 Å². The first-order chi connectivity index (χ1) is 7.02. The Balaban J connectivity index is 2.72. The number of hydrogen-bond donors (Lipinski definition) is 1. The monoisotopic (exact) mass is 247 g/mol. The van der Waals surface area contributed by atoms with Gasteiger partial charge in [-0.05, 0) is 32.0 Å². The van der Waals surface area contributed by atoms with Crippen molar-refractivity contribution in [1.29, 1.82) is 0 Å². The highest BCUT2D eigenvalue weighted by atomic mass is 35.5. The second kappa shape index (κ2) is 5.59. The lowest BCUT2D eigenvalue weighted by atomic mass is 10.2. The van der Waals surface area contributed by atoms with Crippen molar-refractivity contribution in [3.63, 3.8) is 0 Å². The molecule has 0 aliphatic carbocycles. The fourth-order valence-electron chi connectivity index (χ4n) is 1.22. The number of methoxy groups -OCH3 is 1. The zero-order valence-corrected chi connectivity index (χ0v) is 10.6. The second-order valence-electron chi connectivity index (χ2n) is 3.53. The largest absolute Gasteiger partial charge is 0.380 e. The molecule has 15 heavy (non-hydrogen) atoms. The highest BCUT2D eigenvalue weighted by Crippen LogP contribution is 2.23. The maximum absolute atomic E-state index is 5.89. The van der Waals surface area contributed by atoms with E-state index in [0.29, 0.717) is 10.0 Å². The first-order valence-corrected chi connectivity index (χ1v) is 5.54. The van der Waals surface area contributed by atoms with Gasteiger partial charge in [0.05, 0.1) is 6.10 Å². The minimum absolute atomic E-state index is 0.128. The molecule has 0 aliphatic heterocycles. The Labute approximate surface area is 101 Å². The molecule has 2 atom stereocenters. The van der Waals surface area contributed by atoms with Crippen molar-refractivity contribution in [2.75, 3.05) is 12.4 Å². The lowest BCUT2D eigenvalue weighted by Gasteiger charge is -2.21. The summed E-state index contributed by atoms with van der Waals surface area (Å²) in [7, 11) is 1.69. The van der Waals surface area contributed by atoms with Crippen LogP contribution in [0, 0.1) is 0 Å². The fourth-order valence-corrected chi connectivity index (χ4v) is 1.75. The summed E-state index contributed by atoms with van der Waals surface area (Å²) < 4.78 is 5.22. The molecule has 1 rings (SSSR count). The van der Waals surface area contributed by atoms with Crippen LogP contribution in [0.2, 0.25) is 10.0 Å². The second-order valence-corrected chi connectivity index (χ2v) is 4.40. The van der Waals surface area contributed by atoms with Crippen LogP contribution in [-0.2, 0) is 4.74 Å². The molecule has 1 N–H and O–H groups in total. The van der Waals surface area contributed by atoms with Crippen molar-refractivity contribution >= 4 is 28.9 Å². The normalized spacial score (nSPS) is 14.7. The third-order valence-electron chi connectivity index (χ3n) is 2.33. The highest BCUT2D eigenvalue weighted by Gasteiger charge is 2.10. The van der Waals surface area contributed by atoms with Gasteiger partial charge < -0.3 is 10.1 Å². The molecule has 4 heteroatoms. The van der Waals surface area contributed by atoms with Crippen LogP contribution in [0.5, 0.6) is 0 Å². The predicted molar refractivity (Wildman–Crippen MR) is 66.0 cm³/mol. The van der Waals surface area contributed by atoms with Crippen LogP contribution in [0.15, 0.2) is 18.2 Å². The number of halogens is 2. The Hall–Kier alpha value is -0.440. The van der Waals surface area contributed by atoms with E-state index in [0.717, 1.165) is 5.69 Å². The maximum Gasteiger partial charge on any atom is 0.0741 e. The Morgan fingerprint density at radius 3 is 2.13 bits per heavy atom.